The van der Waals surface area contributed by atoms with Crippen molar-refractivity contribution >= 4 is 34.8 Å². The van der Waals surface area contributed by atoms with Gasteiger partial charge in [0.1, 0.15) is 18.1 Å². The minimum atomic E-state index is -0.894. The number of aryl methyl sites for hydroxylation is 1. The van der Waals surface area contributed by atoms with Gasteiger partial charge >= 0.3 is 0 Å². The number of phenols is 1. The van der Waals surface area contributed by atoms with E-state index in [-0.39, 0.29) is 53.4 Å². The maximum atomic E-state index is 14.2. The maximum absolute atomic E-state index is 14.2. The first-order valence-electron chi connectivity index (χ1n) is 22.2. The second kappa shape index (κ2) is 21.9. The Bertz CT molecular complexity index is 2180. The standard InChI is InChI=1S/C49H69N7O6/c1-9-56-43-17-16-34(28-39(43)40(29-49(4,5)19-13-23-57)46(56)38-14-12-20-51-42(38)31-62-8)36-24-33(25-37(58)27-36)26-41(44(59)15-10-11-21-52-50)53-47(60)45(32(2)3)55(7)48(61)35-18-22-54(6)30-35/h12,14,16-17,20,23-25,27-28,32,35,41,45,52,58H,9-11,13,15,18-19,21-22,26,29-31,50H2,1-8H3,(H,53,60). The van der Waals surface area contributed by atoms with Crippen LogP contribution in [0.15, 0.2) is 54.7 Å². The van der Waals surface area contributed by atoms with Crippen LogP contribution in [0.2, 0.25) is 0 Å². The van der Waals surface area contributed by atoms with E-state index in [0.29, 0.717) is 57.5 Å². The van der Waals surface area contributed by atoms with E-state index >= 15 is 0 Å². The third-order valence-corrected chi connectivity index (χ3v) is 12.4. The first-order valence-corrected chi connectivity index (χ1v) is 22.2. The number of fused-ring (bicyclic) bond motifs is 1. The number of ether oxygens (including phenoxy) is 1. The molecule has 0 spiro atoms. The first kappa shape index (κ1) is 48.1. The van der Waals surface area contributed by atoms with Gasteiger partial charge in [-0.2, -0.15) is 0 Å². The van der Waals surface area contributed by atoms with Crippen LogP contribution in [-0.2, 0) is 49.9 Å². The Hall–Kier alpha value is -4.95. The monoisotopic (exact) mass is 852 g/mol. The van der Waals surface area contributed by atoms with Gasteiger partial charge in [-0.1, -0.05) is 39.8 Å². The summed E-state index contributed by atoms with van der Waals surface area (Å²) < 4.78 is 7.90. The second-order valence-corrected chi connectivity index (χ2v) is 18.2. The fourth-order valence-corrected chi connectivity index (χ4v) is 9.23. The zero-order valence-corrected chi connectivity index (χ0v) is 38.1. The number of aromatic hydroxyl groups is 1. The molecule has 13 nitrogen and oxygen atoms in total. The highest BCUT2D eigenvalue weighted by molar-refractivity contribution is 5.96. The topological polar surface area (TPSA) is 172 Å². The number of nitrogens with one attached hydrogen (secondary N) is 2. The number of aldehydes is 1. The Kier molecular flexibility index (Phi) is 17.0. The van der Waals surface area contributed by atoms with Crippen LogP contribution in [0.25, 0.3) is 33.3 Å². The number of likely N-dealkylation sites (N-methyl/N-ethyl adjacent to an activating group) is 1. The number of hydrogen-bond acceptors (Lipinski definition) is 10. The summed E-state index contributed by atoms with van der Waals surface area (Å²) in [5.74, 6) is 4.56. The Morgan fingerprint density at radius 1 is 1.11 bits per heavy atom. The van der Waals surface area contributed by atoms with Gasteiger partial charge in [-0.05, 0) is 129 Å². The summed E-state index contributed by atoms with van der Waals surface area (Å²) in [6, 6.07) is 14.0. The number of Topliss-reactive ketones (excluding diaryl/α,β-unsaturated/α-hetero) is 1. The van der Waals surface area contributed by atoms with E-state index in [4.69, 9.17) is 15.6 Å². The molecule has 0 bridgehead atoms. The molecule has 5 N–H and O–H groups in total. The van der Waals surface area contributed by atoms with Crippen LogP contribution < -0.4 is 16.6 Å². The number of likely N-dealkylation sites (tertiary alicyclic amines) is 1. The molecule has 1 saturated heterocycles. The number of rotatable bonds is 23. The molecular weight excluding hydrogens is 783 g/mol. The third-order valence-electron chi connectivity index (χ3n) is 12.4. The van der Waals surface area contributed by atoms with Crippen molar-refractivity contribution in [3.05, 3.63) is 71.5 Å². The minimum Gasteiger partial charge on any atom is -0.508 e. The number of methoxy groups -OCH3 is 1. The quantitative estimate of drug-likeness (QED) is 0.0281. The van der Waals surface area contributed by atoms with E-state index in [1.165, 1.54) is 0 Å². The van der Waals surface area contributed by atoms with E-state index in [2.05, 4.69) is 65.2 Å². The Balaban J connectivity index is 1.55. The maximum Gasteiger partial charge on any atom is 0.243 e. The minimum absolute atomic E-state index is 0.0395. The Labute approximate surface area is 367 Å². The average Bonchev–Trinajstić information content (AvgIpc) is 3.80. The van der Waals surface area contributed by atoms with E-state index in [0.717, 1.165) is 70.2 Å². The van der Waals surface area contributed by atoms with Gasteiger partial charge in [-0.3, -0.25) is 30.6 Å². The number of benzene rings is 2. The SMILES string of the molecule is CCn1c(-c2cccnc2COC)c(CC(C)(C)CCC=O)c2cc(-c3cc(O)cc(CC(NC(=O)C(C(C)C)N(C)C(=O)C4CCN(C)C4)C(=O)CCCCNN)c3)ccc21. The number of nitrogens with two attached hydrogens (primary N) is 1. The van der Waals surface area contributed by atoms with Crippen molar-refractivity contribution in [1.29, 1.82) is 0 Å². The van der Waals surface area contributed by atoms with Crippen LogP contribution in [0.4, 0.5) is 0 Å². The number of pyridine rings is 1. The molecule has 3 atom stereocenters. The van der Waals surface area contributed by atoms with Gasteiger partial charge in [0.25, 0.3) is 0 Å². The van der Waals surface area contributed by atoms with Gasteiger partial charge in [-0.25, -0.2) is 0 Å². The van der Waals surface area contributed by atoms with Crippen molar-refractivity contribution in [3.63, 3.8) is 0 Å². The Morgan fingerprint density at radius 3 is 2.55 bits per heavy atom. The van der Waals surface area contributed by atoms with Crippen molar-refractivity contribution in [3.8, 4) is 28.1 Å². The van der Waals surface area contributed by atoms with Crippen molar-refractivity contribution in [2.24, 2.45) is 23.1 Å². The number of nitrogens with zero attached hydrogens (tertiary/aromatic N) is 4. The number of amides is 2. The molecule has 4 aromatic rings. The largest absolute Gasteiger partial charge is 0.508 e. The number of unbranched alkanes of at least 4 members (excludes halogenated alkanes) is 1. The summed E-state index contributed by atoms with van der Waals surface area (Å²) in [4.78, 5) is 61.7. The summed E-state index contributed by atoms with van der Waals surface area (Å²) in [6.07, 6.45) is 7.06. The van der Waals surface area contributed by atoms with E-state index in [1.807, 2.05) is 33.0 Å². The molecule has 336 valence electrons. The van der Waals surface area contributed by atoms with Crippen molar-refractivity contribution in [2.75, 3.05) is 40.8 Å². The van der Waals surface area contributed by atoms with Gasteiger partial charge in [0.2, 0.25) is 11.8 Å². The normalized spacial score (nSPS) is 15.5. The lowest BCUT2D eigenvalue weighted by atomic mass is 9.80. The molecule has 13 heteroatoms. The molecule has 2 aromatic carbocycles. The van der Waals surface area contributed by atoms with E-state index < -0.39 is 12.1 Å². The first-order chi connectivity index (χ1) is 29.6. The van der Waals surface area contributed by atoms with Crippen molar-refractivity contribution in [1.82, 2.24) is 30.1 Å². The summed E-state index contributed by atoms with van der Waals surface area (Å²) in [5.41, 5.74) is 9.86. The van der Waals surface area contributed by atoms with Crippen LogP contribution in [0, 0.1) is 17.3 Å². The lowest BCUT2D eigenvalue weighted by Gasteiger charge is -2.33. The fraction of sp³-hybridized carbons (Fsp3) is 0.531. The number of carbonyl (C=O) groups is 4. The molecule has 3 heterocycles. The highest BCUT2D eigenvalue weighted by Crippen LogP contribution is 2.42. The van der Waals surface area contributed by atoms with Gasteiger partial charge in [0.15, 0.2) is 5.78 Å². The van der Waals surface area contributed by atoms with Crippen LogP contribution >= 0.6 is 0 Å². The fourth-order valence-electron chi connectivity index (χ4n) is 9.23. The molecule has 3 unspecified atom stereocenters. The van der Waals surface area contributed by atoms with Gasteiger partial charge in [-0.15, -0.1) is 0 Å². The van der Waals surface area contributed by atoms with Gasteiger partial charge in [0.05, 0.1) is 30.0 Å². The predicted molar refractivity (Wildman–Crippen MR) is 245 cm³/mol. The zero-order valence-electron chi connectivity index (χ0n) is 38.1. The molecule has 0 radical (unpaired) electrons. The summed E-state index contributed by atoms with van der Waals surface area (Å²) >= 11 is 0. The highest BCUT2D eigenvalue weighted by Gasteiger charge is 2.37. The number of hydrazine groups is 1. The van der Waals surface area contributed by atoms with E-state index in [1.54, 1.807) is 37.4 Å². The van der Waals surface area contributed by atoms with Gasteiger partial charge in [0, 0.05) is 69.3 Å². The number of ketones is 1. The predicted octanol–water partition coefficient (Wildman–Crippen LogP) is 6.45. The molecule has 2 amide bonds. The molecule has 1 aliphatic rings. The molecular formula is C49H69N7O6. The van der Waals surface area contributed by atoms with Gasteiger partial charge < -0.3 is 34.3 Å². The van der Waals surface area contributed by atoms with Crippen molar-refractivity contribution < 1.29 is 29.0 Å². The molecule has 2 aromatic heterocycles. The number of aromatic nitrogens is 2. The summed E-state index contributed by atoms with van der Waals surface area (Å²) in [6.45, 7) is 13.4. The molecule has 0 aliphatic carbocycles. The number of phenolic OH excluding ortho intramolecular Hbond substituents is 1. The molecule has 5 rings (SSSR count). The van der Waals surface area contributed by atoms with Crippen LogP contribution in [0.5, 0.6) is 5.75 Å². The van der Waals surface area contributed by atoms with Crippen molar-refractivity contribution in [2.45, 2.75) is 111 Å². The summed E-state index contributed by atoms with van der Waals surface area (Å²) in [7, 11) is 5.34. The highest BCUT2D eigenvalue weighted by atomic mass is 16.5. The summed E-state index contributed by atoms with van der Waals surface area (Å²) in [5, 5.41) is 15.4. The Morgan fingerprint density at radius 2 is 1.89 bits per heavy atom. The molecule has 62 heavy (non-hydrogen) atoms. The van der Waals surface area contributed by atoms with Crippen LogP contribution in [-0.4, -0.2) is 101 Å². The van der Waals surface area contributed by atoms with Crippen LogP contribution in [0.3, 0.4) is 0 Å². The number of carbonyl (C=O) groups excluding carboxylic acids is 4. The zero-order chi connectivity index (χ0) is 45.1. The molecule has 1 fully saturated rings. The number of hydrogen-bond donors (Lipinski definition) is 4. The van der Waals surface area contributed by atoms with E-state index in [9.17, 15) is 24.3 Å². The lowest BCUT2D eigenvalue weighted by molar-refractivity contribution is -0.144. The molecule has 0 saturated carbocycles. The third kappa shape index (κ3) is 11.7. The molecule has 1 aliphatic heterocycles. The smallest absolute Gasteiger partial charge is 0.243 e. The van der Waals surface area contributed by atoms with Crippen LogP contribution in [0.1, 0.15) is 90.0 Å². The average molecular weight is 852 g/mol. The second-order valence-electron chi connectivity index (χ2n) is 18.2. The lowest BCUT2D eigenvalue weighted by Crippen LogP contribution is -2.55.